The van der Waals surface area contributed by atoms with Crippen molar-refractivity contribution in [2.45, 2.75) is 19.8 Å². The van der Waals surface area contributed by atoms with E-state index in [2.05, 4.69) is 73.7 Å². The van der Waals surface area contributed by atoms with E-state index in [-0.39, 0.29) is 0 Å². The summed E-state index contributed by atoms with van der Waals surface area (Å²) in [6.45, 7) is 2.19. The monoisotopic (exact) mass is 270 g/mol. The molecular formula is C21H18. The lowest BCUT2D eigenvalue weighted by Crippen LogP contribution is -2.15. The molecule has 0 heterocycles. The molecule has 4 rings (SSSR count). The molecule has 0 nitrogen and oxygen atoms in total. The highest BCUT2D eigenvalue weighted by Crippen LogP contribution is 2.31. The molecule has 1 aliphatic carbocycles. The van der Waals surface area contributed by atoms with E-state index in [1.807, 2.05) is 0 Å². The molecular weight excluding hydrogens is 252 g/mol. The Kier molecular flexibility index (Phi) is 2.89. The molecule has 0 unspecified atom stereocenters. The van der Waals surface area contributed by atoms with Crippen LogP contribution in [0.2, 0.25) is 0 Å². The SMILES string of the molecule is CC/C=C\c1c2c(c3cccc4cccc1c43)=CC=CC2. The average Bonchev–Trinajstić information content (AvgIpc) is 2.55. The second-order valence-corrected chi connectivity index (χ2v) is 5.62. The number of rotatable bonds is 2. The maximum atomic E-state index is 2.31. The van der Waals surface area contributed by atoms with Gasteiger partial charge in [-0.25, -0.2) is 0 Å². The zero-order valence-corrected chi connectivity index (χ0v) is 12.3. The standard InChI is InChI=1S/C21H18/c1-2-3-10-17-16-11-4-5-12-18(16)20-14-7-9-15-8-6-13-19(17)21(15)20/h3-10,12-14H,2,11H2,1H3/b10-3-. The van der Waals surface area contributed by atoms with Crippen LogP contribution in [0.5, 0.6) is 0 Å². The van der Waals surface area contributed by atoms with Gasteiger partial charge >= 0.3 is 0 Å². The summed E-state index contributed by atoms with van der Waals surface area (Å²) in [4.78, 5) is 0. The van der Waals surface area contributed by atoms with Crippen molar-refractivity contribution in [2.75, 3.05) is 0 Å². The van der Waals surface area contributed by atoms with Crippen LogP contribution in [-0.2, 0) is 6.42 Å². The fourth-order valence-corrected chi connectivity index (χ4v) is 3.45. The lowest BCUT2D eigenvalue weighted by Gasteiger charge is -2.16. The summed E-state index contributed by atoms with van der Waals surface area (Å²) >= 11 is 0. The van der Waals surface area contributed by atoms with E-state index in [9.17, 15) is 0 Å². The minimum atomic E-state index is 1.03. The fourth-order valence-electron chi connectivity index (χ4n) is 3.45. The van der Waals surface area contributed by atoms with Gasteiger partial charge in [-0.15, -0.1) is 0 Å². The van der Waals surface area contributed by atoms with Gasteiger partial charge in [-0.1, -0.05) is 73.7 Å². The Bertz CT molecular complexity index is 934. The summed E-state index contributed by atoms with van der Waals surface area (Å²) in [6.07, 6.45) is 13.4. The van der Waals surface area contributed by atoms with Crippen LogP contribution in [-0.4, -0.2) is 0 Å². The second-order valence-electron chi connectivity index (χ2n) is 5.62. The minimum absolute atomic E-state index is 1.03. The quantitative estimate of drug-likeness (QED) is 0.613. The van der Waals surface area contributed by atoms with E-state index >= 15 is 0 Å². The summed E-state index contributed by atoms with van der Waals surface area (Å²) in [5.74, 6) is 0. The van der Waals surface area contributed by atoms with Crippen molar-refractivity contribution in [3.63, 3.8) is 0 Å². The van der Waals surface area contributed by atoms with Gasteiger partial charge in [0.25, 0.3) is 0 Å². The molecule has 0 aliphatic heterocycles. The Morgan fingerprint density at radius 1 is 1.05 bits per heavy atom. The highest BCUT2D eigenvalue weighted by Gasteiger charge is 2.13. The molecule has 102 valence electrons. The molecule has 0 saturated heterocycles. The number of hydrogen-bond acceptors (Lipinski definition) is 0. The van der Waals surface area contributed by atoms with Gasteiger partial charge < -0.3 is 0 Å². The number of benzene rings is 3. The van der Waals surface area contributed by atoms with E-state index in [4.69, 9.17) is 0 Å². The molecule has 0 bridgehead atoms. The first-order valence-corrected chi connectivity index (χ1v) is 7.69. The van der Waals surface area contributed by atoms with Gasteiger partial charge in [0.1, 0.15) is 0 Å². The molecule has 0 atom stereocenters. The minimum Gasteiger partial charge on any atom is -0.0842 e. The lowest BCUT2D eigenvalue weighted by atomic mass is 9.88. The summed E-state index contributed by atoms with van der Waals surface area (Å²) in [5, 5.41) is 6.91. The van der Waals surface area contributed by atoms with E-state index in [0.717, 1.165) is 12.8 Å². The van der Waals surface area contributed by atoms with Crippen molar-refractivity contribution in [2.24, 2.45) is 0 Å². The van der Waals surface area contributed by atoms with Crippen LogP contribution in [0.4, 0.5) is 0 Å². The molecule has 1 aliphatic rings. The lowest BCUT2D eigenvalue weighted by molar-refractivity contribution is 1.22. The molecule has 0 N–H and O–H groups in total. The number of fused-ring (bicyclic) bond motifs is 2. The molecule has 0 spiro atoms. The summed E-state index contributed by atoms with van der Waals surface area (Å²) in [5.41, 5.74) is 2.87. The van der Waals surface area contributed by atoms with E-state index in [1.54, 1.807) is 0 Å². The zero-order chi connectivity index (χ0) is 14.2. The molecule has 0 saturated carbocycles. The highest BCUT2D eigenvalue weighted by molar-refractivity contribution is 6.13. The molecule has 0 aromatic heterocycles. The van der Waals surface area contributed by atoms with E-state index < -0.39 is 0 Å². The second kappa shape index (κ2) is 4.89. The number of allylic oxidation sites excluding steroid dienone is 3. The third kappa shape index (κ3) is 1.83. The highest BCUT2D eigenvalue weighted by atomic mass is 14.2. The Labute approximate surface area is 125 Å². The van der Waals surface area contributed by atoms with Gasteiger partial charge in [0.15, 0.2) is 0 Å². The fraction of sp³-hybridized carbons (Fsp3) is 0.143. The van der Waals surface area contributed by atoms with Gasteiger partial charge in [-0.2, -0.15) is 0 Å². The molecule has 3 aromatic carbocycles. The van der Waals surface area contributed by atoms with Crippen molar-refractivity contribution in [1.82, 2.24) is 0 Å². The van der Waals surface area contributed by atoms with Crippen LogP contribution in [0.15, 0.2) is 54.6 Å². The van der Waals surface area contributed by atoms with Crippen LogP contribution in [0.25, 0.3) is 33.7 Å². The smallest absolute Gasteiger partial charge is 0.00266 e. The van der Waals surface area contributed by atoms with Crippen molar-refractivity contribution in [3.05, 3.63) is 71.0 Å². The normalized spacial score (nSPS) is 14.0. The topological polar surface area (TPSA) is 0 Å². The molecule has 0 heteroatoms. The Morgan fingerprint density at radius 2 is 1.86 bits per heavy atom. The average molecular weight is 270 g/mol. The number of hydrogen-bond donors (Lipinski definition) is 0. The van der Waals surface area contributed by atoms with Crippen molar-refractivity contribution < 1.29 is 0 Å². The Balaban J connectivity index is 2.28. The van der Waals surface area contributed by atoms with Gasteiger partial charge in [0.2, 0.25) is 0 Å². The first-order valence-electron chi connectivity index (χ1n) is 7.69. The summed E-state index contributed by atoms with van der Waals surface area (Å²) in [6, 6.07) is 13.3. The third-order valence-electron chi connectivity index (χ3n) is 4.38. The van der Waals surface area contributed by atoms with E-state index in [1.165, 1.54) is 37.9 Å². The van der Waals surface area contributed by atoms with Gasteiger partial charge in [-0.05, 0) is 50.7 Å². The van der Waals surface area contributed by atoms with Crippen molar-refractivity contribution in [1.29, 1.82) is 0 Å². The van der Waals surface area contributed by atoms with Crippen LogP contribution in [0, 0.1) is 0 Å². The van der Waals surface area contributed by atoms with E-state index in [0.29, 0.717) is 0 Å². The molecule has 0 radical (unpaired) electrons. The van der Waals surface area contributed by atoms with Crippen molar-refractivity contribution >= 4 is 33.7 Å². The molecule has 0 fully saturated rings. The first-order chi connectivity index (χ1) is 10.4. The largest absolute Gasteiger partial charge is 0.0842 e. The third-order valence-corrected chi connectivity index (χ3v) is 4.38. The van der Waals surface area contributed by atoms with Crippen LogP contribution < -0.4 is 5.22 Å². The predicted molar refractivity (Wildman–Crippen MR) is 93.3 cm³/mol. The summed E-state index contributed by atoms with van der Waals surface area (Å²) < 4.78 is 0. The van der Waals surface area contributed by atoms with Crippen molar-refractivity contribution in [3.8, 4) is 0 Å². The maximum absolute atomic E-state index is 2.31. The van der Waals surface area contributed by atoms with Crippen LogP contribution in [0.3, 0.4) is 0 Å². The van der Waals surface area contributed by atoms with Gasteiger partial charge in [0.05, 0.1) is 0 Å². The Morgan fingerprint density at radius 3 is 2.67 bits per heavy atom. The molecule has 21 heavy (non-hydrogen) atoms. The summed E-state index contributed by atoms with van der Waals surface area (Å²) in [7, 11) is 0. The zero-order valence-electron chi connectivity index (χ0n) is 12.3. The molecule has 0 amide bonds. The van der Waals surface area contributed by atoms with Crippen LogP contribution >= 0.6 is 0 Å². The maximum Gasteiger partial charge on any atom is -0.00266 e. The first kappa shape index (κ1) is 12.4. The molecule has 3 aromatic rings. The van der Waals surface area contributed by atoms with Gasteiger partial charge in [0, 0.05) is 0 Å². The predicted octanol–water partition coefficient (Wildman–Crippen LogP) is 5.03. The Hall–Kier alpha value is -2.34. The van der Waals surface area contributed by atoms with Crippen LogP contribution in [0.1, 0.15) is 24.5 Å². The van der Waals surface area contributed by atoms with Gasteiger partial charge in [-0.3, -0.25) is 0 Å².